The summed E-state index contributed by atoms with van der Waals surface area (Å²) >= 11 is 0. The average molecular weight is 269 g/mol. The zero-order valence-corrected chi connectivity index (χ0v) is 11.0. The number of hydrogen-bond acceptors (Lipinski definition) is 5. The minimum atomic E-state index is -2.88. The summed E-state index contributed by atoms with van der Waals surface area (Å²) < 4.78 is 25.2. The number of benzene rings is 1. The first-order valence-electron chi connectivity index (χ1n) is 6.28. The summed E-state index contributed by atoms with van der Waals surface area (Å²) in [6.07, 6.45) is 1.92. The molecule has 0 saturated carbocycles. The number of fused-ring (bicyclic) bond motifs is 1. The summed E-state index contributed by atoms with van der Waals surface area (Å²) in [6, 6.07) is 8.05. The van der Waals surface area contributed by atoms with Crippen molar-refractivity contribution in [3.05, 3.63) is 29.8 Å². The van der Waals surface area contributed by atoms with Crippen LogP contribution in [0.2, 0.25) is 0 Å². The zero-order valence-electron chi connectivity index (χ0n) is 10.2. The Kier molecular flexibility index (Phi) is 3.21. The monoisotopic (exact) mass is 269 g/mol. The summed E-state index contributed by atoms with van der Waals surface area (Å²) in [6.45, 7) is 2.49. The highest BCUT2D eigenvalue weighted by Crippen LogP contribution is 2.51. The first kappa shape index (κ1) is 12.3. The molecular formula is C12H19N3O2S. The van der Waals surface area contributed by atoms with Crippen molar-refractivity contribution in [2.75, 3.05) is 17.8 Å². The number of piperidine rings is 1. The maximum absolute atomic E-state index is 10.3. The standard InChI is InChI=1S/C12H19N3O2S/c16-18(17)14-12-4-2-1-3-10(12)9-15(18)11-5-7-13-8-6-11/h1-4,11,13-14,16-17H,5-9H2. The van der Waals surface area contributed by atoms with E-state index in [1.807, 2.05) is 28.6 Å². The Labute approximate surface area is 109 Å². The fourth-order valence-corrected chi connectivity index (χ4v) is 4.21. The molecule has 3 rings (SSSR count). The van der Waals surface area contributed by atoms with Gasteiger partial charge in [-0.15, -0.1) is 0 Å². The van der Waals surface area contributed by atoms with Crippen LogP contribution in [0.4, 0.5) is 5.69 Å². The first-order valence-corrected chi connectivity index (χ1v) is 7.78. The van der Waals surface area contributed by atoms with E-state index in [0.29, 0.717) is 6.54 Å². The lowest BCUT2D eigenvalue weighted by Crippen LogP contribution is -2.47. The maximum Gasteiger partial charge on any atom is 0.0596 e. The van der Waals surface area contributed by atoms with Crippen LogP contribution in [0.3, 0.4) is 0 Å². The van der Waals surface area contributed by atoms with Gasteiger partial charge < -0.3 is 5.32 Å². The van der Waals surface area contributed by atoms with Crippen molar-refractivity contribution in [2.45, 2.75) is 25.4 Å². The molecule has 5 nitrogen and oxygen atoms in total. The molecule has 1 fully saturated rings. The molecule has 0 aromatic heterocycles. The van der Waals surface area contributed by atoms with E-state index in [-0.39, 0.29) is 6.04 Å². The van der Waals surface area contributed by atoms with Gasteiger partial charge in [-0.1, -0.05) is 29.2 Å². The Morgan fingerprint density at radius 2 is 1.89 bits per heavy atom. The molecule has 2 aliphatic heterocycles. The molecule has 4 N–H and O–H groups in total. The highest BCUT2D eigenvalue weighted by molar-refractivity contribution is 8.23. The number of nitrogens with zero attached hydrogens (tertiary/aromatic N) is 1. The van der Waals surface area contributed by atoms with E-state index < -0.39 is 11.0 Å². The van der Waals surface area contributed by atoms with Gasteiger partial charge in [-0.05, 0) is 37.6 Å². The third kappa shape index (κ3) is 2.22. The molecule has 0 aliphatic carbocycles. The molecule has 0 spiro atoms. The van der Waals surface area contributed by atoms with Gasteiger partial charge >= 0.3 is 0 Å². The van der Waals surface area contributed by atoms with Gasteiger partial charge in [-0.2, -0.15) is 4.31 Å². The van der Waals surface area contributed by atoms with E-state index in [0.717, 1.165) is 37.2 Å². The minimum Gasteiger partial charge on any atom is -0.317 e. The molecule has 1 aromatic rings. The smallest absolute Gasteiger partial charge is 0.0596 e. The maximum atomic E-state index is 10.3. The summed E-state index contributed by atoms with van der Waals surface area (Å²) in [7, 11) is -2.88. The van der Waals surface area contributed by atoms with Crippen LogP contribution >= 0.6 is 11.0 Å². The van der Waals surface area contributed by atoms with Gasteiger partial charge in [0.2, 0.25) is 0 Å². The summed E-state index contributed by atoms with van der Waals surface area (Å²) in [5.41, 5.74) is 1.96. The molecule has 18 heavy (non-hydrogen) atoms. The second kappa shape index (κ2) is 4.71. The fourth-order valence-electron chi connectivity index (χ4n) is 2.65. The Hall–Kier alpha value is -0.790. The van der Waals surface area contributed by atoms with Crippen molar-refractivity contribution in [2.24, 2.45) is 0 Å². The number of nitrogens with one attached hydrogen (secondary N) is 2. The topological polar surface area (TPSA) is 67.8 Å². The van der Waals surface area contributed by atoms with Crippen molar-refractivity contribution in [3.63, 3.8) is 0 Å². The zero-order chi connectivity index (χ0) is 12.6. The molecule has 2 heterocycles. The number of anilines is 1. The molecule has 1 aromatic carbocycles. The first-order chi connectivity index (χ1) is 8.67. The second-order valence-corrected chi connectivity index (χ2v) is 6.55. The largest absolute Gasteiger partial charge is 0.317 e. The Morgan fingerprint density at radius 3 is 2.67 bits per heavy atom. The summed E-state index contributed by atoms with van der Waals surface area (Å²) in [4.78, 5) is 0. The van der Waals surface area contributed by atoms with Crippen molar-refractivity contribution in [1.29, 1.82) is 0 Å². The van der Waals surface area contributed by atoms with Crippen LogP contribution in [0.15, 0.2) is 24.3 Å². The lowest BCUT2D eigenvalue weighted by atomic mass is 10.1. The normalized spacial score (nSPS) is 26.1. The van der Waals surface area contributed by atoms with Crippen LogP contribution in [0.25, 0.3) is 0 Å². The predicted molar refractivity (Wildman–Crippen MR) is 74.3 cm³/mol. The van der Waals surface area contributed by atoms with Crippen molar-refractivity contribution in [1.82, 2.24) is 9.62 Å². The molecule has 2 aliphatic rings. The lowest BCUT2D eigenvalue weighted by molar-refractivity contribution is 0.231. The Bertz CT molecular complexity index is 435. The van der Waals surface area contributed by atoms with Gasteiger partial charge in [0.1, 0.15) is 0 Å². The van der Waals surface area contributed by atoms with Crippen molar-refractivity contribution >= 4 is 16.6 Å². The molecule has 0 radical (unpaired) electrons. The third-order valence-electron chi connectivity index (χ3n) is 3.63. The van der Waals surface area contributed by atoms with E-state index in [4.69, 9.17) is 0 Å². The van der Waals surface area contributed by atoms with Gasteiger partial charge in [-0.25, -0.2) is 0 Å². The van der Waals surface area contributed by atoms with Crippen molar-refractivity contribution in [3.8, 4) is 0 Å². The van der Waals surface area contributed by atoms with Gasteiger partial charge in [0.15, 0.2) is 0 Å². The van der Waals surface area contributed by atoms with Crippen LogP contribution in [0, 0.1) is 0 Å². The van der Waals surface area contributed by atoms with Crippen LogP contribution in [-0.2, 0) is 6.54 Å². The van der Waals surface area contributed by atoms with E-state index in [1.54, 1.807) is 0 Å². The minimum absolute atomic E-state index is 0.233. The Morgan fingerprint density at radius 1 is 1.17 bits per heavy atom. The third-order valence-corrected chi connectivity index (χ3v) is 5.21. The molecule has 0 amide bonds. The van der Waals surface area contributed by atoms with Gasteiger partial charge in [0, 0.05) is 12.6 Å². The molecule has 100 valence electrons. The highest BCUT2D eigenvalue weighted by Gasteiger charge is 2.35. The van der Waals surface area contributed by atoms with Crippen LogP contribution < -0.4 is 10.0 Å². The SMILES string of the molecule is OS1(O)Nc2ccccc2CN1C1CCNCC1. The van der Waals surface area contributed by atoms with E-state index in [9.17, 15) is 9.11 Å². The summed E-state index contributed by atoms with van der Waals surface area (Å²) in [5.74, 6) is 0. The molecule has 1 saturated heterocycles. The van der Waals surface area contributed by atoms with Crippen LogP contribution in [0.1, 0.15) is 18.4 Å². The fraction of sp³-hybridized carbons (Fsp3) is 0.500. The van der Waals surface area contributed by atoms with Gasteiger partial charge in [-0.3, -0.25) is 13.8 Å². The quantitative estimate of drug-likeness (QED) is 0.629. The molecular weight excluding hydrogens is 250 g/mol. The van der Waals surface area contributed by atoms with Crippen LogP contribution in [0.5, 0.6) is 0 Å². The van der Waals surface area contributed by atoms with Gasteiger partial charge in [0.05, 0.1) is 5.69 Å². The molecule has 6 heteroatoms. The predicted octanol–water partition coefficient (Wildman–Crippen LogP) is 2.25. The van der Waals surface area contributed by atoms with Crippen molar-refractivity contribution < 1.29 is 9.11 Å². The Balaban J connectivity index is 1.86. The number of hydrogen-bond donors (Lipinski definition) is 4. The van der Waals surface area contributed by atoms with E-state index in [2.05, 4.69) is 10.0 Å². The number of rotatable bonds is 1. The van der Waals surface area contributed by atoms with E-state index >= 15 is 0 Å². The number of para-hydroxylation sites is 1. The molecule has 0 unspecified atom stereocenters. The second-order valence-electron chi connectivity index (χ2n) is 4.83. The summed E-state index contributed by atoms with van der Waals surface area (Å²) in [5, 5.41) is 3.30. The van der Waals surface area contributed by atoms with Crippen LogP contribution in [-0.4, -0.2) is 32.5 Å². The van der Waals surface area contributed by atoms with Gasteiger partial charge in [0.25, 0.3) is 0 Å². The lowest BCUT2D eigenvalue weighted by Gasteiger charge is -2.51. The molecule has 0 atom stereocenters. The van der Waals surface area contributed by atoms with E-state index in [1.165, 1.54) is 0 Å². The average Bonchev–Trinajstić information content (AvgIpc) is 2.38. The highest BCUT2D eigenvalue weighted by atomic mass is 32.3. The molecule has 0 bridgehead atoms.